The second-order valence-corrected chi connectivity index (χ2v) is 4.77. The van der Waals surface area contributed by atoms with Gasteiger partial charge < -0.3 is 10.4 Å². The number of benzene rings is 1. The van der Waals surface area contributed by atoms with E-state index in [1.165, 1.54) is 25.1 Å². The molecule has 0 aliphatic heterocycles. The highest BCUT2D eigenvalue weighted by atomic mass is 79.9. The number of nitrogens with one attached hydrogen (secondary N) is 1. The lowest BCUT2D eigenvalue weighted by Gasteiger charge is -2.19. The predicted octanol–water partition coefficient (Wildman–Crippen LogP) is 3.16. The first-order valence-electron chi connectivity index (χ1n) is 5.15. The fourth-order valence-electron chi connectivity index (χ4n) is 1.36. The van der Waals surface area contributed by atoms with Gasteiger partial charge in [0.1, 0.15) is 5.82 Å². The Kier molecular flexibility index (Phi) is 5.12. The van der Waals surface area contributed by atoms with Gasteiger partial charge in [0.25, 0.3) is 0 Å². The number of hydrogen-bond acceptors (Lipinski definition) is 2. The van der Waals surface area contributed by atoms with E-state index in [0.717, 1.165) is 0 Å². The third-order valence-corrected chi connectivity index (χ3v) is 2.91. The molecule has 0 aliphatic carbocycles. The summed E-state index contributed by atoms with van der Waals surface area (Å²) >= 11 is 3.15. The summed E-state index contributed by atoms with van der Waals surface area (Å²) in [5.41, 5.74) is 0.235. The fourth-order valence-corrected chi connectivity index (χ4v) is 1.74. The number of halogens is 5. The number of rotatable bonds is 4. The van der Waals surface area contributed by atoms with E-state index < -0.39 is 30.7 Å². The first-order valence-corrected chi connectivity index (χ1v) is 5.94. The zero-order valence-electron chi connectivity index (χ0n) is 9.43. The molecule has 1 rings (SSSR count). The van der Waals surface area contributed by atoms with E-state index in [1.807, 2.05) is 0 Å². The molecule has 102 valence electrons. The molecule has 0 radical (unpaired) electrons. The molecule has 0 heterocycles. The molecule has 18 heavy (non-hydrogen) atoms. The van der Waals surface area contributed by atoms with Crippen LogP contribution in [0.4, 0.5) is 17.6 Å². The van der Waals surface area contributed by atoms with E-state index in [0.29, 0.717) is 4.47 Å². The second kappa shape index (κ2) is 5.99. The highest BCUT2D eigenvalue weighted by Crippen LogP contribution is 2.23. The summed E-state index contributed by atoms with van der Waals surface area (Å²) < 4.78 is 50.3. The SMILES string of the molecule is CC(NCC(O)C(F)(F)F)c1cc(Br)ccc1F. The zero-order chi connectivity index (χ0) is 13.9. The van der Waals surface area contributed by atoms with Crippen LogP contribution in [0, 0.1) is 5.82 Å². The first kappa shape index (κ1) is 15.4. The van der Waals surface area contributed by atoms with Crippen LogP contribution in [-0.2, 0) is 0 Å². The standard InChI is InChI=1S/C11H12BrF4NO/c1-6(17-5-10(18)11(14,15)16)8-4-7(12)2-3-9(8)13/h2-4,6,10,17-18H,5H2,1H3. The summed E-state index contributed by atoms with van der Waals surface area (Å²) in [5, 5.41) is 11.3. The third-order valence-electron chi connectivity index (χ3n) is 2.42. The van der Waals surface area contributed by atoms with Crippen LogP contribution in [0.15, 0.2) is 22.7 Å². The average molecular weight is 330 g/mol. The van der Waals surface area contributed by atoms with Gasteiger partial charge in [0.05, 0.1) is 0 Å². The maximum absolute atomic E-state index is 13.4. The van der Waals surface area contributed by atoms with Gasteiger partial charge in [-0.2, -0.15) is 13.2 Å². The van der Waals surface area contributed by atoms with Crippen molar-refractivity contribution in [1.29, 1.82) is 0 Å². The first-order chi connectivity index (χ1) is 8.21. The molecule has 0 aliphatic rings. The summed E-state index contributed by atoms with van der Waals surface area (Å²) in [6.07, 6.45) is -7.14. The highest BCUT2D eigenvalue weighted by Gasteiger charge is 2.38. The molecule has 0 saturated carbocycles. The predicted molar refractivity (Wildman–Crippen MR) is 62.6 cm³/mol. The van der Waals surface area contributed by atoms with Crippen molar-refractivity contribution in [1.82, 2.24) is 5.32 Å². The molecule has 2 nitrogen and oxygen atoms in total. The zero-order valence-corrected chi connectivity index (χ0v) is 11.0. The van der Waals surface area contributed by atoms with Crippen molar-refractivity contribution in [3.63, 3.8) is 0 Å². The molecule has 0 aromatic heterocycles. The van der Waals surface area contributed by atoms with Gasteiger partial charge in [-0.1, -0.05) is 15.9 Å². The molecule has 0 amide bonds. The van der Waals surface area contributed by atoms with Gasteiger partial charge in [-0.05, 0) is 25.1 Å². The van der Waals surface area contributed by atoms with E-state index in [-0.39, 0.29) is 5.56 Å². The topological polar surface area (TPSA) is 32.3 Å². The second-order valence-electron chi connectivity index (χ2n) is 3.85. The van der Waals surface area contributed by atoms with Crippen molar-refractivity contribution in [3.05, 3.63) is 34.1 Å². The Balaban J connectivity index is 2.66. The Hall–Kier alpha value is -0.660. The van der Waals surface area contributed by atoms with Crippen LogP contribution in [0.25, 0.3) is 0 Å². The van der Waals surface area contributed by atoms with Crippen LogP contribution in [0.2, 0.25) is 0 Å². The van der Waals surface area contributed by atoms with Crippen LogP contribution in [0.1, 0.15) is 18.5 Å². The molecule has 2 atom stereocenters. The van der Waals surface area contributed by atoms with Gasteiger partial charge in [0.2, 0.25) is 0 Å². The van der Waals surface area contributed by atoms with Crippen molar-refractivity contribution in [2.45, 2.75) is 25.2 Å². The minimum absolute atomic E-state index is 0.235. The smallest absolute Gasteiger partial charge is 0.382 e. The molecule has 0 spiro atoms. The number of alkyl halides is 3. The van der Waals surface area contributed by atoms with Crippen molar-refractivity contribution < 1.29 is 22.7 Å². The average Bonchev–Trinajstić information content (AvgIpc) is 2.27. The Bertz CT molecular complexity index is 411. The molecule has 1 aromatic rings. The van der Waals surface area contributed by atoms with Crippen molar-refractivity contribution in [2.24, 2.45) is 0 Å². The summed E-state index contributed by atoms with van der Waals surface area (Å²) in [5.74, 6) is -0.514. The van der Waals surface area contributed by atoms with E-state index in [4.69, 9.17) is 5.11 Å². The van der Waals surface area contributed by atoms with E-state index in [9.17, 15) is 17.6 Å². The lowest BCUT2D eigenvalue weighted by molar-refractivity contribution is -0.202. The van der Waals surface area contributed by atoms with Gasteiger partial charge >= 0.3 is 6.18 Å². The Morgan fingerprint density at radius 2 is 2.00 bits per heavy atom. The molecule has 7 heteroatoms. The van der Waals surface area contributed by atoms with Gasteiger partial charge in [0.15, 0.2) is 6.10 Å². The van der Waals surface area contributed by atoms with E-state index in [1.54, 1.807) is 0 Å². The molecule has 0 saturated heterocycles. The van der Waals surface area contributed by atoms with Crippen LogP contribution < -0.4 is 5.32 Å². The minimum Gasteiger partial charge on any atom is -0.382 e. The fraction of sp³-hybridized carbons (Fsp3) is 0.455. The van der Waals surface area contributed by atoms with Crippen LogP contribution >= 0.6 is 15.9 Å². The monoisotopic (exact) mass is 329 g/mol. The summed E-state index contributed by atoms with van der Waals surface area (Å²) in [6.45, 7) is 0.838. The minimum atomic E-state index is -4.68. The van der Waals surface area contributed by atoms with Gasteiger partial charge in [-0.3, -0.25) is 0 Å². The van der Waals surface area contributed by atoms with E-state index >= 15 is 0 Å². The quantitative estimate of drug-likeness (QED) is 0.832. The van der Waals surface area contributed by atoms with Crippen molar-refractivity contribution in [3.8, 4) is 0 Å². The Morgan fingerprint density at radius 3 is 2.56 bits per heavy atom. The van der Waals surface area contributed by atoms with Gasteiger partial charge in [0, 0.05) is 22.6 Å². The largest absolute Gasteiger partial charge is 0.415 e. The van der Waals surface area contributed by atoms with Crippen LogP contribution in [0.3, 0.4) is 0 Å². The number of aliphatic hydroxyl groups excluding tert-OH is 1. The van der Waals surface area contributed by atoms with E-state index in [2.05, 4.69) is 21.2 Å². The lowest BCUT2D eigenvalue weighted by Crippen LogP contribution is -2.39. The molecular formula is C11H12BrF4NO. The summed E-state index contributed by atoms with van der Waals surface area (Å²) in [4.78, 5) is 0. The van der Waals surface area contributed by atoms with Crippen LogP contribution in [-0.4, -0.2) is 23.9 Å². The normalized spacial score (nSPS) is 15.5. The molecule has 0 bridgehead atoms. The van der Waals surface area contributed by atoms with Crippen LogP contribution in [0.5, 0.6) is 0 Å². The molecule has 0 fully saturated rings. The Labute approximate surface area is 110 Å². The van der Waals surface area contributed by atoms with Gasteiger partial charge in [-0.25, -0.2) is 4.39 Å². The third kappa shape index (κ3) is 4.22. The van der Waals surface area contributed by atoms with Crippen molar-refractivity contribution >= 4 is 15.9 Å². The maximum atomic E-state index is 13.4. The summed E-state index contributed by atoms with van der Waals surface area (Å²) in [7, 11) is 0. The maximum Gasteiger partial charge on any atom is 0.415 e. The van der Waals surface area contributed by atoms with Crippen molar-refractivity contribution in [2.75, 3.05) is 6.54 Å². The molecule has 2 unspecified atom stereocenters. The Morgan fingerprint density at radius 1 is 1.39 bits per heavy atom. The van der Waals surface area contributed by atoms with Gasteiger partial charge in [-0.15, -0.1) is 0 Å². The highest BCUT2D eigenvalue weighted by molar-refractivity contribution is 9.10. The lowest BCUT2D eigenvalue weighted by atomic mass is 10.1. The molecule has 1 aromatic carbocycles. The summed E-state index contributed by atoms with van der Waals surface area (Å²) in [6, 6.07) is 3.56. The number of hydrogen-bond donors (Lipinski definition) is 2. The molecule has 2 N–H and O–H groups in total. The number of aliphatic hydroxyl groups is 1. The molecular weight excluding hydrogens is 318 g/mol.